The van der Waals surface area contributed by atoms with Crippen molar-refractivity contribution in [3.63, 3.8) is 0 Å². The first-order chi connectivity index (χ1) is 9.98. The van der Waals surface area contributed by atoms with Crippen LogP contribution in [0.5, 0.6) is 0 Å². The van der Waals surface area contributed by atoms with E-state index in [1.807, 2.05) is 6.92 Å². The number of aliphatic carboxylic acids is 1. The van der Waals surface area contributed by atoms with Crippen molar-refractivity contribution >= 4 is 34.9 Å². The SMILES string of the molecule is CCC(Nc1ccc(Cl)cc1)(C(=O)O)c1cccc(Cl)c1. The van der Waals surface area contributed by atoms with Gasteiger partial charge in [0.2, 0.25) is 0 Å². The highest BCUT2D eigenvalue weighted by Crippen LogP contribution is 2.32. The molecule has 0 aromatic heterocycles. The highest BCUT2D eigenvalue weighted by Gasteiger charge is 2.38. The molecule has 5 heteroatoms. The molecule has 21 heavy (non-hydrogen) atoms. The fraction of sp³-hybridized carbons (Fsp3) is 0.188. The van der Waals surface area contributed by atoms with Gasteiger partial charge in [0.1, 0.15) is 0 Å². The van der Waals surface area contributed by atoms with Crippen molar-refractivity contribution in [2.45, 2.75) is 18.9 Å². The molecular weight excluding hydrogens is 309 g/mol. The number of nitrogens with one attached hydrogen (secondary N) is 1. The number of benzene rings is 2. The summed E-state index contributed by atoms with van der Waals surface area (Å²) in [6.45, 7) is 1.82. The van der Waals surface area contributed by atoms with Crippen molar-refractivity contribution in [1.29, 1.82) is 0 Å². The van der Waals surface area contributed by atoms with E-state index in [4.69, 9.17) is 23.2 Å². The Bertz CT molecular complexity index is 643. The number of carbonyl (C=O) groups is 1. The van der Waals surface area contributed by atoms with Crippen LogP contribution < -0.4 is 5.32 Å². The molecule has 0 aliphatic carbocycles. The van der Waals surface area contributed by atoms with Gasteiger partial charge in [0, 0.05) is 15.7 Å². The summed E-state index contributed by atoms with van der Waals surface area (Å²) in [6, 6.07) is 13.8. The maximum Gasteiger partial charge on any atom is 0.334 e. The van der Waals surface area contributed by atoms with Gasteiger partial charge in [-0.1, -0.05) is 42.3 Å². The fourth-order valence-corrected chi connectivity index (χ4v) is 2.54. The van der Waals surface area contributed by atoms with Crippen molar-refractivity contribution < 1.29 is 9.90 Å². The van der Waals surface area contributed by atoms with Crippen LogP contribution in [0.25, 0.3) is 0 Å². The van der Waals surface area contributed by atoms with Crippen LogP contribution in [0.1, 0.15) is 18.9 Å². The quantitative estimate of drug-likeness (QED) is 0.831. The zero-order chi connectivity index (χ0) is 15.5. The number of carboxylic acids is 1. The summed E-state index contributed by atoms with van der Waals surface area (Å²) in [5.41, 5.74) is 0.0576. The summed E-state index contributed by atoms with van der Waals surface area (Å²) < 4.78 is 0. The predicted molar refractivity (Wildman–Crippen MR) is 86.1 cm³/mol. The average molecular weight is 324 g/mol. The van der Waals surface area contributed by atoms with E-state index in [9.17, 15) is 9.90 Å². The first kappa shape index (κ1) is 15.7. The van der Waals surface area contributed by atoms with E-state index in [1.165, 1.54) is 0 Å². The third-order valence-electron chi connectivity index (χ3n) is 3.41. The van der Waals surface area contributed by atoms with Crippen LogP contribution in [0, 0.1) is 0 Å². The molecule has 2 N–H and O–H groups in total. The standard InChI is InChI=1S/C16H15Cl2NO2/c1-2-16(15(20)21,11-4-3-5-13(18)10-11)19-14-8-6-12(17)7-9-14/h3-10,19H,2H2,1H3,(H,20,21). The van der Waals surface area contributed by atoms with Gasteiger partial charge in [-0.2, -0.15) is 0 Å². The largest absolute Gasteiger partial charge is 0.479 e. The molecule has 1 unspecified atom stereocenters. The minimum absolute atomic E-state index is 0.366. The maximum atomic E-state index is 11.9. The highest BCUT2D eigenvalue weighted by molar-refractivity contribution is 6.31. The molecule has 110 valence electrons. The zero-order valence-electron chi connectivity index (χ0n) is 11.4. The van der Waals surface area contributed by atoms with Gasteiger partial charge < -0.3 is 10.4 Å². The Hall–Kier alpha value is -1.71. The van der Waals surface area contributed by atoms with E-state index in [1.54, 1.807) is 48.5 Å². The van der Waals surface area contributed by atoms with Gasteiger partial charge in [0.25, 0.3) is 0 Å². The molecule has 0 spiro atoms. The lowest BCUT2D eigenvalue weighted by Crippen LogP contribution is -2.43. The van der Waals surface area contributed by atoms with Crippen LogP contribution in [-0.4, -0.2) is 11.1 Å². The van der Waals surface area contributed by atoms with Gasteiger partial charge in [-0.3, -0.25) is 0 Å². The van der Waals surface area contributed by atoms with Gasteiger partial charge in [-0.05, 0) is 48.4 Å². The summed E-state index contributed by atoms with van der Waals surface area (Å²) in [7, 11) is 0. The van der Waals surface area contributed by atoms with Gasteiger partial charge in [0.05, 0.1) is 0 Å². The van der Waals surface area contributed by atoms with Crippen molar-refractivity contribution in [3.8, 4) is 0 Å². The van der Waals surface area contributed by atoms with Crippen LogP contribution in [0.4, 0.5) is 5.69 Å². The van der Waals surface area contributed by atoms with Crippen LogP contribution in [0.15, 0.2) is 48.5 Å². The lowest BCUT2D eigenvalue weighted by Gasteiger charge is -2.31. The Labute approximate surface area is 133 Å². The smallest absolute Gasteiger partial charge is 0.334 e. The molecule has 0 amide bonds. The summed E-state index contributed by atoms with van der Waals surface area (Å²) in [5, 5.41) is 13.9. The topological polar surface area (TPSA) is 49.3 Å². The highest BCUT2D eigenvalue weighted by atomic mass is 35.5. The number of anilines is 1. The van der Waals surface area contributed by atoms with Crippen LogP contribution in [0.2, 0.25) is 10.0 Å². The summed E-state index contributed by atoms with van der Waals surface area (Å²) in [4.78, 5) is 11.9. The minimum atomic E-state index is -1.24. The van der Waals surface area contributed by atoms with E-state index in [2.05, 4.69) is 5.32 Å². The van der Waals surface area contributed by atoms with Gasteiger partial charge >= 0.3 is 5.97 Å². The predicted octanol–water partition coefficient (Wildman–Crippen LogP) is 4.80. The molecule has 0 aliphatic heterocycles. The Morgan fingerprint density at radius 3 is 2.33 bits per heavy atom. The van der Waals surface area contributed by atoms with Gasteiger partial charge in [-0.15, -0.1) is 0 Å². The van der Waals surface area contributed by atoms with Gasteiger partial charge in [0.15, 0.2) is 5.54 Å². The molecule has 0 heterocycles. The number of hydrogen-bond acceptors (Lipinski definition) is 2. The Balaban J connectivity index is 2.46. The third-order valence-corrected chi connectivity index (χ3v) is 3.90. The van der Waals surface area contributed by atoms with E-state index < -0.39 is 11.5 Å². The molecule has 0 aliphatic rings. The minimum Gasteiger partial charge on any atom is -0.479 e. The van der Waals surface area contributed by atoms with E-state index in [0.717, 1.165) is 0 Å². The monoisotopic (exact) mass is 323 g/mol. The molecule has 0 bridgehead atoms. The third kappa shape index (κ3) is 3.31. The number of carboxylic acid groups (broad SMARTS) is 1. The molecule has 0 saturated carbocycles. The molecule has 2 aromatic rings. The molecule has 2 aromatic carbocycles. The first-order valence-electron chi connectivity index (χ1n) is 6.51. The van der Waals surface area contributed by atoms with Crippen molar-refractivity contribution in [1.82, 2.24) is 0 Å². The van der Waals surface area contributed by atoms with E-state index in [-0.39, 0.29) is 0 Å². The zero-order valence-corrected chi connectivity index (χ0v) is 12.9. The summed E-state index contributed by atoms with van der Waals surface area (Å²) in [5.74, 6) is -0.956. The lowest BCUT2D eigenvalue weighted by atomic mass is 9.87. The summed E-state index contributed by atoms with van der Waals surface area (Å²) >= 11 is 11.9. The second-order valence-electron chi connectivity index (χ2n) is 4.71. The molecule has 0 saturated heterocycles. The number of halogens is 2. The maximum absolute atomic E-state index is 11.9. The average Bonchev–Trinajstić information content (AvgIpc) is 2.46. The van der Waals surface area contributed by atoms with E-state index >= 15 is 0 Å². The summed E-state index contributed by atoms with van der Waals surface area (Å²) in [6.07, 6.45) is 0.366. The van der Waals surface area contributed by atoms with Crippen LogP contribution in [0.3, 0.4) is 0 Å². The first-order valence-corrected chi connectivity index (χ1v) is 7.27. The molecule has 0 fully saturated rings. The fourth-order valence-electron chi connectivity index (χ4n) is 2.23. The lowest BCUT2D eigenvalue weighted by molar-refractivity contribution is -0.142. The Morgan fingerprint density at radius 2 is 1.81 bits per heavy atom. The Morgan fingerprint density at radius 1 is 1.14 bits per heavy atom. The molecule has 2 rings (SSSR count). The number of rotatable bonds is 5. The van der Waals surface area contributed by atoms with Gasteiger partial charge in [-0.25, -0.2) is 4.79 Å². The second kappa shape index (κ2) is 6.37. The second-order valence-corrected chi connectivity index (χ2v) is 5.58. The Kier molecular flexibility index (Phi) is 4.76. The molecular formula is C16H15Cl2NO2. The molecule has 3 nitrogen and oxygen atoms in total. The van der Waals surface area contributed by atoms with Crippen LogP contribution in [-0.2, 0) is 10.3 Å². The molecule has 1 atom stereocenters. The van der Waals surface area contributed by atoms with Crippen molar-refractivity contribution in [3.05, 3.63) is 64.1 Å². The van der Waals surface area contributed by atoms with Crippen molar-refractivity contribution in [2.75, 3.05) is 5.32 Å². The molecule has 0 radical (unpaired) electrons. The number of hydrogen-bond donors (Lipinski definition) is 2. The van der Waals surface area contributed by atoms with Crippen molar-refractivity contribution in [2.24, 2.45) is 0 Å². The van der Waals surface area contributed by atoms with Crippen LogP contribution >= 0.6 is 23.2 Å². The normalized spacial score (nSPS) is 13.5. The van der Waals surface area contributed by atoms with E-state index in [0.29, 0.717) is 27.7 Å².